The Hall–Kier alpha value is -1.39. The molecular formula is C12H11NO2S. The average molecular weight is 233 g/mol. The average Bonchev–Trinajstić information content (AvgIpc) is 2.98. The van der Waals surface area contributed by atoms with Crippen LogP contribution in [-0.2, 0) is 6.42 Å². The lowest BCUT2D eigenvalue weighted by atomic mass is 10.0. The molecule has 1 aliphatic rings. The van der Waals surface area contributed by atoms with Crippen LogP contribution in [0.5, 0.6) is 5.75 Å². The quantitative estimate of drug-likeness (QED) is 0.864. The molecule has 0 saturated carbocycles. The largest absolute Gasteiger partial charge is 0.493 e. The minimum Gasteiger partial charge on any atom is -0.493 e. The highest BCUT2D eigenvalue weighted by Gasteiger charge is 2.22. The first-order valence-electron chi connectivity index (χ1n) is 5.17. The minimum absolute atomic E-state index is 0.681. The van der Waals surface area contributed by atoms with Gasteiger partial charge in [-0.1, -0.05) is 18.2 Å². The van der Waals surface area contributed by atoms with Crippen LogP contribution in [0.1, 0.15) is 22.9 Å². The summed E-state index contributed by atoms with van der Waals surface area (Å²) < 4.78 is 5.56. The van der Waals surface area contributed by atoms with Gasteiger partial charge in [0.05, 0.1) is 17.8 Å². The molecule has 0 aliphatic carbocycles. The van der Waals surface area contributed by atoms with Crippen LogP contribution >= 0.6 is 11.3 Å². The third-order valence-corrected chi connectivity index (χ3v) is 3.38. The summed E-state index contributed by atoms with van der Waals surface area (Å²) in [6, 6.07) is 5.90. The van der Waals surface area contributed by atoms with Gasteiger partial charge in [0.1, 0.15) is 11.9 Å². The molecule has 0 spiro atoms. The number of aromatic nitrogens is 1. The first-order valence-corrected chi connectivity index (χ1v) is 6.11. The van der Waals surface area contributed by atoms with Gasteiger partial charge in [-0.2, -0.15) is 0 Å². The number of hydrogen-bond acceptors (Lipinski definition) is 4. The summed E-state index contributed by atoms with van der Waals surface area (Å²) in [5.41, 5.74) is 4.41. The second-order valence-electron chi connectivity index (χ2n) is 3.75. The van der Waals surface area contributed by atoms with E-state index < -0.39 is 6.10 Å². The molecule has 1 unspecified atom stereocenters. The Bertz CT molecular complexity index is 496. The lowest BCUT2D eigenvalue weighted by molar-refractivity contribution is 0.209. The van der Waals surface area contributed by atoms with Gasteiger partial charge in [0.2, 0.25) is 0 Å². The molecule has 4 heteroatoms. The van der Waals surface area contributed by atoms with E-state index >= 15 is 0 Å². The van der Waals surface area contributed by atoms with Crippen molar-refractivity contribution in [3.05, 3.63) is 45.9 Å². The Balaban J connectivity index is 2.04. The van der Waals surface area contributed by atoms with Crippen molar-refractivity contribution in [2.75, 3.05) is 6.61 Å². The number of thiazole rings is 1. The molecule has 3 nitrogen and oxygen atoms in total. The van der Waals surface area contributed by atoms with Crippen LogP contribution in [0.15, 0.2) is 29.1 Å². The van der Waals surface area contributed by atoms with E-state index in [2.05, 4.69) is 4.98 Å². The molecule has 1 aromatic carbocycles. The molecule has 82 valence electrons. The van der Waals surface area contributed by atoms with Crippen molar-refractivity contribution in [2.45, 2.75) is 12.5 Å². The zero-order chi connectivity index (χ0) is 11.0. The molecule has 0 fully saturated rings. The number of hydrogen-bond donors (Lipinski definition) is 1. The normalized spacial score (nSPS) is 15.6. The van der Waals surface area contributed by atoms with Crippen molar-refractivity contribution in [1.29, 1.82) is 0 Å². The molecule has 16 heavy (non-hydrogen) atoms. The van der Waals surface area contributed by atoms with Gasteiger partial charge in [-0.05, 0) is 5.56 Å². The van der Waals surface area contributed by atoms with E-state index in [9.17, 15) is 5.11 Å². The van der Waals surface area contributed by atoms with Crippen LogP contribution in [0.4, 0.5) is 0 Å². The molecule has 3 rings (SSSR count). The number of nitrogens with zero attached hydrogens (tertiary/aromatic N) is 1. The molecule has 0 saturated heterocycles. The van der Waals surface area contributed by atoms with Crippen molar-refractivity contribution >= 4 is 11.3 Å². The molecule has 0 radical (unpaired) electrons. The number of aliphatic hydroxyl groups excluding tert-OH is 1. The van der Waals surface area contributed by atoms with E-state index in [0.29, 0.717) is 12.3 Å². The third-order valence-electron chi connectivity index (χ3n) is 2.77. The second kappa shape index (κ2) is 3.88. The van der Waals surface area contributed by atoms with Crippen LogP contribution in [0.2, 0.25) is 0 Å². The fourth-order valence-corrected chi connectivity index (χ4v) is 2.54. The molecule has 1 N–H and O–H groups in total. The maximum atomic E-state index is 10.2. The molecular weight excluding hydrogens is 222 g/mol. The number of rotatable bonds is 2. The van der Waals surface area contributed by atoms with E-state index in [-0.39, 0.29) is 0 Å². The minimum atomic E-state index is -0.681. The third kappa shape index (κ3) is 1.50. The van der Waals surface area contributed by atoms with Crippen LogP contribution in [0.3, 0.4) is 0 Å². The molecule has 2 heterocycles. The summed E-state index contributed by atoms with van der Waals surface area (Å²) in [6.45, 7) is 0.704. The smallest absolute Gasteiger partial charge is 0.128 e. The van der Waals surface area contributed by atoms with E-state index in [4.69, 9.17) is 4.74 Å². The van der Waals surface area contributed by atoms with Gasteiger partial charge < -0.3 is 9.84 Å². The predicted molar refractivity (Wildman–Crippen MR) is 61.8 cm³/mol. The van der Waals surface area contributed by atoms with Gasteiger partial charge in [-0.15, -0.1) is 11.3 Å². The number of para-hydroxylation sites is 1. The second-order valence-corrected chi connectivity index (χ2v) is 4.47. The van der Waals surface area contributed by atoms with Crippen molar-refractivity contribution < 1.29 is 9.84 Å². The van der Waals surface area contributed by atoms with Gasteiger partial charge in [-0.3, -0.25) is 0 Å². The van der Waals surface area contributed by atoms with Crippen LogP contribution < -0.4 is 4.74 Å². The molecule has 2 aromatic rings. The summed E-state index contributed by atoms with van der Waals surface area (Å²) in [7, 11) is 0. The summed E-state index contributed by atoms with van der Waals surface area (Å²) in [5.74, 6) is 0.836. The van der Waals surface area contributed by atoms with Gasteiger partial charge in [0.15, 0.2) is 0 Å². The zero-order valence-electron chi connectivity index (χ0n) is 8.59. The first kappa shape index (κ1) is 9.81. The Morgan fingerprint density at radius 1 is 1.44 bits per heavy atom. The molecule has 1 aliphatic heterocycles. The highest BCUT2D eigenvalue weighted by Crippen LogP contribution is 2.35. The number of benzene rings is 1. The summed E-state index contributed by atoms with van der Waals surface area (Å²) in [4.78, 5) is 4.13. The van der Waals surface area contributed by atoms with Crippen molar-refractivity contribution in [3.8, 4) is 5.75 Å². The Labute approximate surface area is 97.3 Å². The summed E-state index contributed by atoms with van der Waals surface area (Å²) in [5, 5.41) is 12.1. The Morgan fingerprint density at radius 3 is 3.19 bits per heavy atom. The van der Waals surface area contributed by atoms with E-state index in [1.807, 2.05) is 23.6 Å². The van der Waals surface area contributed by atoms with Gasteiger partial charge in [-0.25, -0.2) is 4.98 Å². The van der Waals surface area contributed by atoms with Gasteiger partial charge in [0.25, 0.3) is 0 Å². The van der Waals surface area contributed by atoms with E-state index in [1.54, 1.807) is 5.51 Å². The summed E-state index contributed by atoms with van der Waals surface area (Å²) >= 11 is 1.48. The lowest BCUT2D eigenvalue weighted by Gasteiger charge is -2.12. The maximum Gasteiger partial charge on any atom is 0.128 e. The maximum absolute atomic E-state index is 10.2. The molecule has 1 aromatic heterocycles. The van der Waals surface area contributed by atoms with Crippen molar-refractivity contribution in [2.24, 2.45) is 0 Å². The first-order chi connectivity index (χ1) is 7.86. The number of ether oxygens (including phenoxy) is 1. The van der Waals surface area contributed by atoms with Crippen molar-refractivity contribution in [3.63, 3.8) is 0 Å². The Kier molecular flexibility index (Phi) is 2.38. The molecule has 1 atom stereocenters. The van der Waals surface area contributed by atoms with Crippen LogP contribution in [0.25, 0.3) is 0 Å². The zero-order valence-corrected chi connectivity index (χ0v) is 9.41. The van der Waals surface area contributed by atoms with Crippen LogP contribution in [-0.4, -0.2) is 16.7 Å². The number of fused-ring (bicyclic) bond motifs is 1. The van der Waals surface area contributed by atoms with Crippen molar-refractivity contribution in [1.82, 2.24) is 4.98 Å². The molecule has 0 amide bonds. The van der Waals surface area contributed by atoms with Gasteiger partial charge >= 0.3 is 0 Å². The fourth-order valence-electron chi connectivity index (χ4n) is 1.97. The highest BCUT2D eigenvalue weighted by atomic mass is 32.1. The van der Waals surface area contributed by atoms with Gasteiger partial charge in [0, 0.05) is 17.4 Å². The standard InChI is InChI=1S/C12H11NO2S/c14-11(10-6-16-7-13-10)9-3-1-2-8-4-5-15-12(8)9/h1-3,6-7,11,14H,4-5H2. The predicted octanol–water partition coefficient (Wildman–Crippen LogP) is 2.16. The topological polar surface area (TPSA) is 42.4 Å². The monoisotopic (exact) mass is 233 g/mol. The van der Waals surface area contributed by atoms with E-state index in [0.717, 1.165) is 17.7 Å². The highest BCUT2D eigenvalue weighted by molar-refractivity contribution is 7.07. The number of aliphatic hydroxyl groups is 1. The Morgan fingerprint density at radius 2 is 2.38 bits per heavy atom. The van der Waals surface area contributed by atoms with Crippen LogP contribution in [0, 0.1) is 0 Å². The lowest BCUT2D eigenvalue weighted by Crippen LogP contribution is -2.02. The van der Waals surface area contributed by atoms with E-state index in [1.165, 1.54) is 16.9 Å². The molecule has 0 bridgehead atoms. The fraction of sp³-hybridized carbons (Fsp3) is 0.250. The summed E-state index contributed by atoms with van der Waals surface area (Å²) in [6.07, 6.45) is 0.242. The SMILES string of the molecule is OC(c1cscn1)c1cccc2c1OCC2.